The van der Waals surface area contributed by atoms with E-state index in [1.165, 1.54) is 25.7 Å². The van der Waals surface area contributed by atoms with Crippen LogP contribution in [0.1, 0.15) is 81.1 Å². The zero-order valence-corrected chi connectivity index (χ0v) is 12.3. The van der Waals surface area contributed by atoms with Crippen LogP contribution in [0.15, 0.2) is 0 Å². The first-order valence-electron chi connectivity index (χ1n) is 6.46. The average Bonchev–Trinajstić information content (AvgIpc) is 1.94. The standard InChI is InChI=1S/C15H32/c1-13(2,3)11-9-10-12-15(7,8)14(4,5)6/h9-12H2,1-8H3. The SMILES string of the molecule is CC(C)(C)CCCCC(C)(C)C(C)(C)C. The maximum Gasteiger partial charge on any atom is -0.0306 e. The summed E-state index contributed by atoms with van der Waals surface area (Å²) in [4.78, 5) is 0. The van der Waals surface area contributed by atoms with Crippen LogP contribution in [0, 0.1) is 16.2 Å². The Morgan fingerprint density at radius 3 is 1.33 bits per heavy atom. The van der Waals surface area contributed by atoms with E-state index in [0.29, 0.717) is 16.2 Å². The van der Waals surface area contributed by atoms with E-state index in [9.17, 15) is 0 Å². The van der Waals surface area contributed by atoms with Gasteiger partial charge in [-0.15, -0.1) is 0 Å². The lowest BCUT2D eigenvalue weighted by molar-refractivity contribution is 0.114. The molecule has 0 aromatic heterocycles. The zero-order chi connectivity index (χ0) is 12.3. The highest BCUT2D eigenvalue weighted by Gasteiger charge is 2.31. The van der Waals surface area contributed by atoms with Gasteiger partial charge in [0.05, 0.1) is 0 Å². The fourth-order valence-corrected chi connectivity index (χ4v) is 1.60. The Labute approximate surface area is 97.8 Å². The van der Waals surface area contributed by atoms with Gasteiger partial charge in [0.15, 0.2) is 0 Å². The first-order valence-corrected chi connectivity index (χ1v) is 6.46. The van der Waals surface area contributed by atoms with Crippen LogP contribution >= 0.6 is 0 Å². The van der Waals surface area contributed by atoms with Crippen LogP contribution < -0.4 is 0 Å². The Morgan fingerprint density at radius 2 is 1.00 bits per heavy atom. The monoisotopic (exact) mass is 212 g/mol. The van der Waals surface area contributed by atoms with E-state index in [2.05, 4.69) is 55.4 Å². The van der Waals surface area contributed by atoms with Crippen molar-refractivity contribution < 1.29 is 0 Å². The summed E-state index contributed by atoms with van der Waals surface area (Å²) >= 11 is 0. The van der Waals surface area contributed by atoms with E-state index in [1.54, 1.807) is 0 Å². The minimum atomic E-state index is 0.425. The normalized spacial score (nSPS) is 14.4. The van der Waals surface area contributed by atoms with Gasteiger partial charge in [0.2, 0.25) is 0 Å². The third kappa shape index (κ3) is 6.22. The average molecular weight is 212 g/mol. The molecule has 0 saturated carbocycles. The molecule has 0 saturated heterocycles. The smallest absolute Gasteiger partial charge is 0.0306 e. The molecule has 0 amide bonds. The largest absolute Gasteiger partial charge is 0.0602 e. The Bertz CT molecular complexity index is 173. The van der Waals surface area contributed by atoms with Crippen molar-refractivity contribution >= 4 is 0 Å². The molecule has 0 rings (SSSR count). The molecule has 0 bridgehead atoms. The molecule has 0 heteroatoms. The van der Waals surface area contributed by atoms with Crippen LogP contribution in [-0.4, -0.2) is 0 Å². The molecule has 0 fully saturated rings. The van der Waals surface area contributed by atoms with E-state index in [4.69, 9.17) is 0 Å². The molecular formula is C15H32. The van der Waals surface area contributed by atoms with Crippen molar-refractivity contribution in [3.05, 3.63) is 0 Å². The highest BCUT2D eigenvalue weighted by Crippen LogP contribution is 2.42. The third-order valence-corrected chi connectivity index (χ3v) is 4.01. The molecular weight excluding hydrogens is 180 g/mol. The first-order chi connectivity index (χ1) is 6.46. The third-order valence-electron chi connectivity index (χ3n) is 4.01. The van der Waals surface area contributed by atoms with Gasteiger partial charge < -0.3 is 0 Å². The molecule has 92 valence electrons. The predicted octanol–water partition coefficient (Wildman–Crippen LogP) is 5.67. The van der Waals surface area contributed by atoms with Crippen molar-refractivity contribution in [3.8, 4) is 0 Å². The van der Waals surface area contributed by atoms with E-state index in [0.717, 1.165) is 0 Å². The topological polar surface area (TPSA) is 0 Å². The Balaban J connectivity index is 3.87. The van der Waals surface area contributed by atoms with Gasteiger partial charge in [0.25, 0.3) is 0 Å². The number of rotatable bonds is 4. The second-order valence-electron chi connectivity index (χ2n) is 7.90. The van der Waals surface area contributed by atoms with E-state index in [1.807, 2.05) is 0 Å². The number of unbranched alkanes of at least 4 members (excludes halogenated alkanes) is 1. The molecule has 0 aromatic carbocycles. The van der Waals surface area contributed by atoms with E-state index >= 15 is 0 Å². The maximum absolute atomic E-state index is 2.41. The maximum atomic E-state index is 2.41. The van der Waals surface area contributed by atoms with Crippen molar-refractivity contribution in [3.63, 3.8) is 0 Å². The summed E-state index contributed by atoms with van der Waals surface area (Å²) in [6, 6.07) is 0. The van der Waals surface area contributed by atoms with Crippen LogP contribution in [-0.2, 0) is 0 Å². The van der Waals surface area contributed by atoms with Crippen molar-refractivity contribution in [1.29, 1.82) is 0 Å². The lowest BCUT2D eigenvalue weighted by Gasteiger charge is -2.39. The zero-order valence-electron chi connectivity index (χ0n) is 12.3. The molecule has 0 heterocycles. The van der Waals surface area contributed by atoms with Crippen molar-refractivity contribution in [2.75, 3.05) is 0 Å². The highest BCUT2D eigenvalue weighted by molar-refractivity contribution is 4.82. The van der Waals surface area contributed by atoms with Gasteiger partial charge in [0, 0.05) is 0 Å². The fraction of sp³-hybridized carbons (Fsp3) is 1.00. The molecule has 0 aromatic rings. The molecule has 0 aliphatic heterocycles. The molecule has 0 aliphatic carbocycles. The van der Waals surface area contributed by atoms with Gasteiger partial charge in [-0.3, -0.25) is 0 Å². The van der Waals surface area contributed by atoms with Crippen molar-refractivity contribution in [2.45, 2.75) is 81.1 Å². The van der Waals surface area contributed by atoms with Gasteiger partial charge in [-0.2, -0.15) is 0 Å². The van der Waals surface area contributed by atoms with Crippen LogP contribution in [0.3, 0.4) is 0 Å². The summed E-state index contributed by atoms with van der Waals surface area (Å²) in [5, 5.41) is 0. The highest BCUT2D eigenvalue weighted by atomic mass is 14.4. The lowest BCUT2D eigenvalue weighted by atomic mass is 9.66. The first kappa shape index (κ1) is 15.0. The Morgan fingerprint density at radius 1 is 0.600 bits per heavy atom. The summed E-state index contributed by atoms with van der Waals surface area (Å²) in [6.07, 6.45) is 5.46. The minimum absolute atomic E-state index is 0.425. The molecule has 0 spiro atoms. The number of hydrogen-bond acceptors (Lipinski definition) is 0. The summed E-state index contributed by atoms with van der Waals surface area (Å²) < 4.78 is 0. The quantitative estimate of drug-likeness (QED) is 0.527. The van der Waals surface area contributed by atoms with Gasteiger partial charge >= 0.3 is 0 Å². The van der Waals surface area contributed by atoms with Crippen LogP contribution in [0.4, 0.5) is 0 Å². The van der Waals surface area contributed by atoms with Gasteiger partial charge in [-0.1, -0.05) is 68.2 Å². The summed E-state index contributed by atoms with van der Waals surface area (Å²) in [5.41, 5.74) is 1.39. The molecule has 0 aliphatic rings. The predicted molar refractivity (Wildman–Crippen MR) is 71.2 cm³/mol. The minimum Gasteiger partial charge on any atom is -0.0602 e. The second-order valence-corrected chi connectivity index (χ2v) is 7.90. The molecule has 0 unspecified atom stereocenters. The molecule has 0 nitrogen and oxygen atoms in total. The Kier molecular flexibility index (Phi) is 4.89. The second kappa shape index (κ2) is 4.89. The van der Waals surface area contributed by atoms with E-state index < -0.39 is 0 Å². The van der Waals surface area contributed by atoms with Crippen LogP contribution in [0.5, 0.6) is 0 Å². The molecule has 0 atom stereocenters. The van der Waals surface area contributed by atoms with Gasteiger partial charge in [0.1, 0.15) is 0 Å². The summed E-state index contributed by atoms with van der Waals surface area (Å²) in [5.74, 6) is 0. The molecule has 0 N–H and O–H groups in total. The fourth-order valence-electron chi connectivity index (χ4n) is 1.60. The summed E-state index contributed by atoms with van der Waals surface area (Å²) in [6.45, 7) is 18.9. The molecule has 0 radical (unpaired) electrons. The van der Waals surface area contributed by atoms with Crippen molar-refractivity contribution in [1.82, 2.24) is 0 Å². The molecule has 15 heavy (non-hydrogen) atoms. The Hall–Kier alpha value is 0. The van der Waals surface area contributed by atoms with Crippen molar-refractivity contribution in [2.24, 2.45) is 16.2 Å². The van der Waals surface area contributed by atoms with Crippen LogP contribution in [0.2, 0.25) is 0 Å². The lowest BCUT2D eigenvalue weighted by Crippen LogP contribution is -2.29. The van der Waals surface area contributed by atoms with Gasteiger partial charge in [-0.25, -0.2) is 0 Å². The summed E-state index contributed by atoms with van der Waals surface area (Å²) in [7, 11) is 0. The van der Waals surface area contributed by atoms with Crippen LogP contribution in [0.25, 0.3) is 0 Å². The number of hydrogen-bond donors (Lipinski definition) is 0. The van der Waals surface area contributed by atoms with Gasteiger partial charge in [-0.05, 0) is 29.1 Å². The van der Waals surface area contributed by atoms with E-state index in [-0.39, 0.29) is 0 Å².